The van der Waals surface area contributed by atoms with Crippen LogP contribution in [0.4, 0.5) is 4.79 Å². The molecule has 2 amide bonds. The molecule has 5 rings (SSSR count). The molecule has 3 aromatic heterocycles. The number of carbonyl (C=O) groups is 1. The van der Waals surface area contributed by atoms with Gasteiger partial charge in [0.1, 0.15) is 0 Å². The lowest BCUT2D eigenvalue weighted by Gasteiger charge is -2.35. The number of urea groups is 1. The number of hydrogen-bond acceptors (Lipinski definition) is 5. The van der Waals surface area contributed by atoms with Gasteiger partial charge in [-0.3, -0.25) is 15.0 Å². The maximum atomic E-state index is 13.0. The van der Waals surface area contributed by atoms with E-state index in [9.17, 15) is 4.79 Å². The number of nitrogens with zero attached hydrogens (tertiary/aromatic N) is 4. The third kappa shape index (κ3) is 4.11. The fraction of sp³-hybridized carbons (Fsp3) is 0.409. The standard InChI is InChI=1S/C22H26N6OS/c29-22(24-18-2-1-9-27(13-18)12-16-6-11-30-15-16)28-10-5-20-19(14-28)21(26-25-20)17-3-7-23-8-4-17/h3-4,6-8,11,15,18H,1-2,5,9-10,12-14H2,(H,24,29)(H,25,26). The van der Waals surface area contributed by atoms with Crippen LogP contribution < -0.4 is 5.32 Å². The summed E-state index contributed by atoms with van der Waals surface area (Å²) in [6, 6.07) is 6.34. The first-order valence-electron chi connectivity index (χ1n) is 10.5. The molecule has 5 heterocycles. The van der Waals surface area contributed by atoms with Crippen LogP contribution in [0.3, 0.4) is 0 Å². The van der Waals surface area contributed by atoms with Crippen molar-refractivity contribution in [3.8, 4) is 11.3 Å². The highest BCUT2D eigenvalue weighted by Gasteiger charge is 2.28. The highest BCUT2D eigenvalue weighted by Crippen LogP contribution is 2.28. The van der Waals surface area contributed by atoms with Crippen LogP contribution in [0.5, 0.6) is 0 Å². The van der Waals surface area contributed by atoms with Gasteiger partial charge >= 0.3 is 6.03 Å². The highest BCUT2D eigenvalue weighted by molar-refractivity contribution is 7.07. The number of aromatic nitrogens is 3. The van der Waals surface area contributed by atoms with Crippen LogP contribution in [0.25, 0.3) is 11.3 Å². The summed E-state index contributed by atoms with van der Waals surface area (Å²) in [7, 11) is 0. The molecule has 1 atom stereocenters. The zero-order valence-electron chi connectivity index (χ0n) is 16.9. The lowest BCUT2D eigenvalue weighted by molar-refractivity contribution is 0.160. The first-order chi connectivity index (χ1) is 14.8. The number of carbonyl (C=O) groups excluding carboxylic acids is 1. The van der Waals surface area contributed by atoms with Crippen LogP contribution in [0.1, 0.15) is 29.7 Å². The Morgan fingerprint density at radius 2 is 2.17 bits per heavy atom. The van der Waals surface area contributed by atoms with Gasteiger partial charge in [0, 0.05) is 61.3 Å². The zero-order chi connectivity index (χ0) is 20.3. The quantitative estimate of drug-likeness (QED) is 0.677. The second kappa shape index (κ2) is 8.57. The maximum absolute atomic E-state index is 13.0. The average molecular weight is 423 g/mol. The number of nitrogens with one attached hydrogen (secondary N) is 2. The topological polar surface area (TPSA) is 77.2 Å². The first-order valence-corrected chi connectivity index (χ1v) is 11.5. The lowest BCUT2D eigenvalue weighted by Crippen LogP contribution is -2.52. The SMILES string of the molecule is O=C(NC1CCCN(Cc2ccsc2)C1)N1CCc2[nH]nc(-c3ccncc3)c2C1. The number of likely N-dealkylation sites (tertiary alicyclic amines) is 1. The molecule has 0 saturated carbocycles. The number of aromatic amines is 1. The van der Waals surface area contributed by atoms with Crippen LogP contribution in [0.15, 0.2) is 41.4 Å². The van der Waals surface area contributed by atoms with E-state index >= 15 is 0 Å². The summed E-state index contributed by atoms with van der Waals surface area (Å²) in [6.07, 6.45) is 6.51. The van der Waals surface area contributed by atoms with Gasteiger partial charge in [0.2, 0.25) is 0 Å². The molecule has 1 saturated heterocycles. The summed E-state index contributed by atoms with van der Waals surface area (Å²) >= 11 is 1.74. The van der Waals surface area contributed by atoms with Crippen LogP contribution in [0.2, 0.25) is 0 Å². The molecule has 156 valence electrons. The molecule has 0 aromatic carbocycles. The molecular weight excluding hydrogens is 396 g/mol. The summed E-state index contributed by atoms with van der Waals surface area (Å²) in [6.45, 7) is 4.27. The van der Waals surface area contributed by atoms with Crippen molar-refractivity contribution >= 4 is 17.4 Å². The Kier molecular flexibility index (Phi) is 5.50. The van der Waals surface area contributed by atoms with E-state index in [0.717, 1.165) is 61.4 Å². The third-order valence-electron chi connectivity index (χ3n) is 5.99. The van der Waals surface area contributed by atoms with Crippen LogP contribution in [-0.4, -0.2) is 56.7 Å². The van der Waals surface area contributed by atoms with Gasteiger partial charge in [-0.05, 0) is 53.9 Å². The monoisotopic (exact) mass is 422 g/mol. The van der Waals surface area contributed by atoms with Gasteiger partial charge in [-0.1, -0.05) is 0 Å². The molecule has 3 aromatic rings. The number of fused-ring (bicyclic) bond motifs is 1. The number of amides is 2. The Morgan fingerprint density at radius 1 is 1.27 bits per heavy atom. The minimum absolute atomic E-state index is 0.0323. The zero-order valence-corrected chi connectivity index (χ0v) is 17.7. The van der Waals surface area contributed by atoms with Crippen molar-refractivity contribution < 1.29 is 4.79 Å². The Hall–Kier alpha value is -2.71. The van der Waals surface area contributed by atoms with Crippen molar-refractivity contribution in [3.63, 3.8) is 0 Å². The summed E-state index contributed by atoms with van der Waals surface area (Å²) < 4.78 is 0. The number of pyridine rings is 1. The van der Waals surface area contributed by atoms with Crippen molar-refractivity contribution in [2.45, 2.75) is 38.4 Å². The fourth-order valence-electron chi connectivity index (χ4n) is 4.44. The van der Waals surface area contributed by atoms with E-state index in [1.165, 1.54) is 5.56 Å². The van der Waals surface area contributed by atoms with E-state index in [1.807, 2.05) is 17.0 Å². The number of rotatable bonds is 4. The van der Waals surface area contributed by atoms with Gasteiger partial charge in [-0.25, -0.2) is 4.79 Å². The molecule has 0 radical (unpaired) electrons. The smallest absolute Gasteiger partial charge is 0.317 e. The molecule has 0 aliphatic carbocycles. The van der Waals surface area contributed by atoms with E-state index in [2.05, 4.69) is 42.2 Å². The van der Waals surface area contributed by atoms with E-state index in [1.54, 1.807) is 23.7 Å². The van der Waals surface area contributed by atoms with Gasteiger partial charge in [-0.2, -0.15) is 16.4 Å². The summed E-state index contributed by atoms with van der Waals surface area (Å²) in [5.41, 5.74) is 5.56. The third-order valence-corrected chi connectivity index (χ3v) is 6.73. The molecule has 0 bridgehead atoms. The van der Waals surface area contributed by atoms with Gasteiger partial charge in [-0.15, -0.1) is 0 Å². The minimum Gasteiger partial charge on any atom is -0.334 e. The highest BCUT2D eigenvalue weighted by atomic mass is 32.1. The van der Waals surface area contributed by atoms with Gasteiger partial charge in [0.25, 0.3) is 0 Å². The predicted octanol–water partition coefficient (Wildman–Crippen LogP) is 3.27. The van der Waals surface area contributed by atoms with Crippen LogP contribution in [-0.2, 0) is 19.5 Å². The van der Waals surface area contributed by atoms with E-state index in [0.29, 0.717) is 13.1 Å². The summed E-state index contributed by atoms with van der Waals surface area (Å²) in [5.74, 6) is 0. The molecule has 2 aliphatic heterocycles. The first kappa shape index (κ1) is 19.3. The number of thiophene rings is 1. The van der Waals surface area contributed by atoms with Gasteiger partial charge in [0.05, 0.1) is 12.2 Å². The van der Waals surface area contributed by atoms with Crippen molar-refractivity contribution in [3.05, 3.63) is 58.2 Å². The molecule has 7 nitrogen and oxygen atoms in total. The van der Waals surface area contributed by atoms with Crippen molar-refractivity contribution in [1.29, 1.82) is 0 Å². The molecule has 30 heavy (non-hydrogen) atoms. The second-order valence-corrected chi connectivity index (χ2v) is 8.87. The molecule has 8 heteroatoms. The molecule has 1 fully saturated rings. The Labute approximate surface area is 180 Å². The summed E-state index contributed by atoms with van der Waals surface area (Å²) in [4.78, 5) is 21.5. The molecule has 2 N–H and O–H groups in total. The van der Waals surface area contributed by atoms with E-state index in [4.69, 9.17) is 0 Å². The van der Waals surface area contributed by atoms with Gasteiger partial charge < -0.3 is 10.2 Å². The molecule has 0 spiro atoms. The van der Waals surface area contributed by atoms with Crippen LogP contribution >= 0.6 is 11.3 Å². The van der Waals surface area contributed by atoms with Gasteiger partial charge in [0.15, 0.2) is 0 Å². The van der Waals surface area contributed by atoms with Crippen LogP contribution in [0, 0.1) is 0 Å². The van der Waals surface area contributed by atoms with Crippen molar-refractivity contribution in [2.24, 2.45) is 0 Å². The Balaban J connectivity index is 1.22. The Morgan fingerprint density at radius 3 is 3.00 bits per heavy atom. The van der Waals surface area contributed by atoms with Crippen molar-refractivity contribution in [1.82, 2.24) is 30.3 Å². The predicted molar refractivity (Wildman–Crippen MR) is 117 cm³/mol. The fourth-order valence-corrected chi connectivity index (χ4v) is 5.10. The number of piperidine rings is 1. The largest absolute Gasteiger partial charge is 0.334 e. The summed E-state index contributed by atoms with van der Waals surface area (Å²) in [5, 5.41) is 15.3. The molecule has 2 aliphatic rings. The molecule has 1 unspecified atom stereocenters. The van der Waals surface area contributed by atoms with Crippen molar-refractivity contribution in [2.75, 3.05) is 19.6 Å². The number of H-pyrrole nitrogens is 1. The average Bonchev–Trinajstić information content (AvgIpc) is 3.44. The van der Waals surface area contributed by atoms with E-state index < -0.39 is 0 Å². The lowest BCUT2D eigenvalue weighted by atomic mass is 10.0. The number of hydrogen-bond donors (Lipinski definition) is 2. The minimum atomic E-state index is 0.0323. The normalized spacial score (nSPS) is 19.5. The maximum Gasteiger partial charge on any atom is 0.317 e. The second-order valence-electron chi connectivity index (χ2n) is 8.09. The molecular formula is C22H26N6OS. The Bertz CT molecular complexity index is 986. The van der Waals surface area contributed by atoms with E-state index in [-0.39, 0.29) is 12.1 Å².